The SMILES string of the molecule is CCOC(=O)/C(C#N)=C/Nc1nc(-c2ccccc2)cn1/N=C/c1ccccc1. The third-order valence-corrected chi connectivity index (χ3v) is 3.85. The molecule has 0 aliphatic carbocycles. The summed E-state index contributed by atoms with van der Waals surface area (Å²) in [7, 11) is 0. The second-order valence-corrected chi connectivity index (χ2v) is 5.85. The highest BCUT2D eigenvalue weighted by molar-refractivity contribution is 5.93. The lowest BCUT2D eigenvalue weighted by atomic mass is 10.2. The Bertz CT molecular complexity index is 1060. The zero-order valence-electron chi connectivity index (χ0n) is 15.8. The molecule has 0 amide bonds. The Morgan fingerprint density at radius 1 is 1.21 bits per heavy atom. The Morgan fingerprint density at radius 2 is 1.90 bits per heavy atom. The predicted molar refractivity (Wildman–Crippen MR) is 111 cm³/mol. The highest BCUT2D eigenvalue weighted by atomic mass is 16.5. The molecule has 0 fully saturated rings. The monoisotopic (exact) mass is 385 g/mol. The number of nitrogens with zero attached hydrogens (tertiary/aromatic N) is 4. The van der Waals surface area contributed by atoms with Crippen LogP contribution in [-0.2, 0) is 9.53 Å². The molecule has 0 bridgehead atoms. The summed E-state index contributed by atoms with van der Waals surface area (Å²) < 4.78 is 6.41. The zero-order valence-corrected chi connectivity index (χ0v) is 15.8. The van der Waals surface area contributed by atoms with Crippen LogP contribution in [0.4, 0.5) is 5.95 Å². The van der Waals surface area contributed by atoms with Gasteiger partial charge in [0, 0.05) is 11.8 Å². The Morgan fingerprint density at radius 3 is 2.55 bits per heavy atom. The summed E-state index contributed by atoms with van der Waals surface area (Å²) in [5.74, 6) is -0.343. The number of benzene rings is 2. The van der Waals surface area contributed by atoms with Gasteiger partial charge in [0.05, 0.1) is 24.7 Å². The molecule has 1 N–H and O–H groups in total. The van der Waals surface area contributed by atoms with Gasteiger partial charge in [-0.05, 0) is 12.5 Å². The van der Waals surface area contributed by atoms with Gasteiger partial charge in [-0.2, -0.15) is 10.4 Å². The molecule has 3 aromatic rings. The average molecular weight is 385 g/mol. The normalized spacial score (nSPS) is 11.2. The number of imidazole rings is 1. The van der Waals surface area contributed by atoms with Crippen LogP contribution < -0.4 is 5.32 Å². The van der Waals surface area contributed by atoms with Crippen LogP contribution in [0.2, 0.25) is 0 Å². The highest BCUT2D eigenvalue weighted by Crippen LogP contribution is 2.21. The number of nitriles is 1. The first kappa shape index (κ1) is 19.6. The molecule has 144 valence electrons. The molecule has 0 atom stereocenters. The number of hydrogen-bond acceptors (Lipinski definition) is 6. The fraction of sp³-hybridized carbons (Fsp3) is 0.0909. The molecule has 2 aromatic carbocycles. The van der Waals surface area contributed by atoms with Crippen LogP contribution in [0.5, 0.6) is 0 Å². The summed E-state index contributed by atoms with van der Waals surface area (Å²) in [6.45, 7) is 1.86. The number of carbonyl (C=O) groups is 1. The minimum atomic E-state index is -0.698. The molecular formula is C22H19N5O2. The second-order valence-electron chi connectivity index (χ2n) is 5.85. The van der Waals surface area contributed by atoms with Crippen LogP contribution in [0.15, 0.2) is 83.7 Å². The number of esters is 1. The number of nitrogens with one attached hydrogen (secondary N) is 1. The molecule has 0 saturated heterocycles. The van der Waals surface area contributed by atoms with Crippen molar-refractivity contribution in [2.24, 2.45) is 5.10 Å². The molecule has 0 radical (unpaired) electrons. The number of ether oxygens (including phenoxy) is 1. The fourth-order valence-electron chi connectivity index (χ4n) is 2.46. The second kappa shape index (κ2) is 9.67. The number of anilines is 1. The molecule has 7 heteroatoms. The van der Waals surface area contributed by atoms with Gasteiger partial charge in [0.25, 0.3) is 0 Å². The van der Waals surface area contributed by atoms with Gasteiger partial charge in [-0.1, -0.05) is 60.7 Å². The lowest BCUT2D eigenvalue weighted by Gasteiger charge is -2.02. The first-order chi connectivity index (χ1) is 14.2. The van der Waals surface area contributed by atoms with Gasteiger partial charge < -0.3 is 10.1 Å². The van der Waals surface area contributed by atoms with Crippen LogP contribution >= 0.6 is 0 Å². The molecule has 29 heavy (non-hydrogen) atoms. The number of aromatic nitrogens is 2. The molecule has 0 aliphatic heterocycles. The predicted octanol–water partition coefficient (Wildman–Crippen LogP) is 3.81. The van der Waals surface area contributed by atoms with Gasteiger partial charge in [-0.15, -0.1) is 0 Å². The quantitative estimate of drug-likeness (QED) is 0.289. The molecule has 0 saturated carbocycles. The molecule has 0 unspecified atom stereocenters. The number of carbonyl (C=O) groups excluding carboxylic acids is 1. The van der Waals surface area contributed by atoms with E-state index in [1.165, 1.54) is 6.20 Å². The summed E-state index contributed by atoms with van der Waals surface area (Å²) in [5.41, 5.74) is 2.38. The molecular weight excluding hydrogens is 366 g/mol. The van der Waals surface area contributed by atoms with E-state index < -0.39 is 5.97 Å². The lowest BCUT2D eigenvalue weighted by Crippen LogP contribution is -2.08. The van der Waals surface area contributed by atoms with Gasteiger partial charge >= 0.3 is 5.97 Å². The van der Waals surface area contributed by atoms with Gasteiger partial charge in [-0.25, -0.2) is 14.5 Å². The van der Waals surface area contributed by atoms with E-state index in [0.29, 0.717) is 11.6 Å². The Balaban J connectivity index is 1.93. The maximum Gasteiger partial charge on any atom is 0.350 e. The summed E-state index contributed by atoms with van der Waals surface area (Å²) in [5, 5.41) is 16.5. The third-order valence-electron chi connectivity index (χ3n) is 3.85. The van der Waals surface area contributed by atoms with E-state index in [1.807, 2.05) is 66.7 Å². The van der Waals surface area contributed by atoms with Crippen LogP contribution in [0, 0.1) is 11.3 Å². The summed E-state index contributed by atoms with van der Waals surface area (Å²) in [6, 6.07) is 21.1. The molecule has 1 aromatic heterocycles. The van der Waals surface area contributed by atoms with Crippen molar-refractivity contribution in [3.63, 3.8) is 0 Å². The topological polar surface area (TPSA) is 92.3 Å². The van der Waals surface area contributed by atoms with Crippen molar-refractivity contribution in [1.82, 2.24) is 9.66 Å². The van der Waals surface area contributed by atoms with E-state index >= 15 is 0 Å². The average Bonchev–Trinajstić information content (AvgIpc) is 3.17. The van der Waals surface area contributed by atoms with E-state index in [-0.39, 0.29) is 12.2 Å². The third kappa shape index (κ3) is 5.17. The van der Waals surface area contributed by atoms with Crippen molar-refractivity contribution in [2.75, 3.05) is 11.9 Å². The Kier molecular flexibility index (Phi) is 6.53. The number of rotatable bonds is 7. The number of hydrogen-bond donors (Lipinski definition) is 1. The van der Waals surface area contributed by atoms with E-state index in [9.17, 15) is 10.1 Å². The minimum Gasteiger partial charge on any atom is -0.462 e. The van der Waals surface area contributed by atoms with Crippen LogP contribution in [-0.4, -0.2) is 28.5 Å². The van der Waals surface area contributed by atoms with Gasteiger partial charge in [0.1, 0.15) is 6.07 Å². The maximum atomic E-state index is 11.8. The largest absolute Gasteiger partial charge is 0.462 e. The Hall–Kier alpha value is -4.18. The minimum absolute atomic E-state index is 0.158. The molecule has 7 nitrogen and oxygen atoms in total. The lowest BCUT2D eigenvalue weighted by molar-refractivity contribution is -0.138. The van der Waals surface area contributed by atoms with Gasteiger partial charge in [0.15, 0.2) is 5.57 Å². The van der Waals surface area contributed by atoms with Crippen molar-refractivity contribution in [1.29, 1.82) is 5.26 Å². The van der Waals surface area contributed by atoms with E-state index in [4.69, 9.17) is 4.74 Å². The van der Waals surface area contributed by atoms with Crippen molar-refractivity contribution in [3.8, 4) is 17.3 Å². The van der Waals surface area contributed by atoms with Crippen molar-refractivity contribution in [3.05, 3.63) is 84.2 Å². The van der Waals surface area contributed by atoms with Crippen LogP contribution in [0.1, 0.15) is 12.5 Å². The smallest absolute Gasteiger partial charge is 0.350 e. The van der Waals surface area contributed by atoms with E-state index in [0.717, 1.165) is 11.1 Å². The molecule has 1 heterocycles. The van der Waals surface area contributed by atoms with Gasteiger partial charge in [-0.3, -0.25) is 0 Å². The van der Waals surface area contributed by atoms with E-state index in [1.54, 1.807) is 24.0 Å². The van der Waals surface area contributed by atoms with Crippen molar-refractivity contribution in [2.45, 2.75) is 6.92 Å². The van der Waals surface area contributed by atoms with Crippen molar-refractivity contribution < 1.29 is 9.53 Å². The summed E-state index contributed by atoms with van der Waals surface area (Å²) in [6.07, 6.45) is 4.73. The standard InChI is InChI=1S/C22H19N5O2/c1-2-29-21(28)19(13-23)15-24-22-26-20(18-11-7-4-8-12-18)16-27(22)25-14-17-9-5-3-6-10-17/h3-12,14-16H,2H2,1H3,(H,24,26)/b19-15+,25-14+. The Labute approximate surface area is 168 Å². The summed E-state index contributed by atoms with van der Waals surface area (Å²) >= 11 is 0. The summed E-state index contributed by atoms with van der Waals surface area (Å²) in [4.78, 5) is 16.3. The van der Waals surface area contributed by atoms with E-state index in [2.05, 4.69) is 15.4 Å². The zero-order chi connectivity index (χ0) is 20.5. The molecule has 0 spiro atoms. The molecule has 0 aliphatic rings. The maximum absolute atomic E-state index is 11.8. The first-order valence-electron chi connectivity index (χ1n) is 8.99. The highest BCUT2D eigenvalue weighted by Gasteiger charge is 2.12. The van der Waals surface area contributed by atoms with Crippen LogP contribution in [0.3, 0.4) is 0 Å². The first-order valence-corrected chi connectivity index (χ1v) is 8.99. The molecule has 3 rings (SSSR count). The van der Waals surface area contributed by atoms with Crippen molar-refractivity contribution >= 4 is 18.1 Å². The fourth-order valence-corrected chi connectivity index (χ4v) is 2.46. The van der Waals surface area contributed by atoms with Crippen LogP contribution in [0.25, 0.3) is 11.3 Å². The van der Waals surface area contributed by atoms with Gasteiger partial charge in [0.2, 0.25) is 5.95 Å².